The van der Waals surface area contributed by atoms with Crippen LogP contribution in [-0.4, -0.2) is 29.3 Å². The lowest BCUT2D eigenvalue weighted by Crippen LogP contribution is -2.16. The molecule has 0 aliphatic heterocycles. The second kappa shape index (κ2) is 5.35. The first kappa shape index (κ1) is 11.5. The van der Waals surface area contributed by atoms with Gasteiger partial charge in [-0.05, 0) is 13.3 Å². The van der Waals surface area contributed by atoms with Crippen LogP contribution >= 0.6 is 0 Å². The van der Waals surface area contributed by atoms with Crippen LogP contribution in [0.15, 0.2) is 6.20 Å². The van der Waals surface area contributed by atoms with Gasteiger partial charge in [-0.2, -0.15) is 5.10 Å². The third-order valence-electron chi connectivity index (χ3n) is 2.11. The number of carbonyl (C=O) groups is 1. The van der Waals surface area contributed by atoms with Crippen LogP contribution < -0.4 is 11.1 Å². The van der Waals surface area contributed by atoms with Crippen LogP contribution in [0.25, 0.3) is 0 Å². The van der Waals surface area contributed by atoms with Crippen molar-refractivity contribution in [1.82, 2.24) is 10.2 Å². The zero-order valence-corrected chi connectivity index (χ0v) is 8.91. The molecule has 6 nitrogen and oxygen atoms in total. The van der Waals surface area contributed by atoms with E-state index in [-0.39, 0.29) is 12.0 Å². The first-order chi connectivity index (χ1) is 7.13. The number of carbonyl (C=O) groups excluding carboxylic acids is 1. The number of nitrogens with two attached hydrogens (primary N) is 1. The maximum atomic E-state index is 11.4. The summed E-state index contributed by atoms with van der Waals surface area (Å²) in [6.07, 6.45) is 2.60. The number of aromatic nitrogens is 2. The summed E-state index contributed by atoms with van der Waals surface area (Å²) in [5, 5.41) is 8.93. The van der Waals surface area contributed by atoms with Gasteiger partial charge >= 0.3 is 0 Å². The number of H-pyrrole nitrogens is 1. The van der Waals surface area contributed by atoms with Gasteiger partial charge in [-0.1, -0.05) is 0 Å². The van der Waals surface area contributed by atoms with E-state index >= 15 is 0 Å². The third kappa shape index (κ3) is 3.59. The molecule has 1 amide bonds. The van der Waals surface area contributed by atoms with Crippen molar-refractivity contribution in [2.75, 3.05) is 18.2 Å². The maximum absolute atomic E-state index is 11.4. The van der Waals surface area contributed by atoms with E-state index in [0.29, 0.717) is 24.3 Å². The molecular weight excluding hydrogens is 196 g/mol. The third-order valence-corrected chi connectivity index (χ3v) is 2.11. The Morgan fingerprint density at radius 3 is 3.07 bits per heavy atom. The lowest BCUT2D eigenvalue weighted by molar-refractivity contribution is -0.116. The second-order valence-corrected chi connectivity index (χ2v) is 3.33. The predicted octanol–water partition coefficient (Wildman–Crippen LogP) is 0.745. The molecule has 0 aliphatic carbocycles. The topological polar surface area (TPSA) is 93.0 Å². The molecule has 1 rings (SSSR count). The zero-order chi connectivity index (χ0) is 11.3. The highest BCUT2D eigenvalue weighted by atomic mass is 16.5. The molecule has 84 valence electrons. The first-order valence-electron chi connectivity index (χ1n) is 4.75. The van der Waals surface area contributed by atoms with Crippen LogP contribution in [0.3, 0.4) is 0 Å². The molecule has 0 spiro atoms. The smallest absolute Gasteiger partial charge is 0.225 e. The van der Waals surface area contributed by atoms with Crippen molar-refractivity contribution in [3.05, 3.63) is 6.20 Å². The Kier molecular flexibility index (Phi) is 4.11. The van der Waals surface area contributed by atoms with Gasteiger partial charge in [0.2, 0.25) is 5.91 Å². The van der Waals surface area contributed by atoms with Crippen molar-refractivity contribution in [3.63, 3.8) is 0 Å². The van der Waals surface area contributed by atoms with Gasteiger partial charge in [-0.25, -0.2) is 0 Å². The molecule has 1 aromatic rings. The summed E-state index contributed by atoms with van der Waals surface area (Å²) in [5.74, 6) is 0.347. The molecule has 6 heteroatoms. The van der Waals surface area contributed by atoms with E-state index in [1.807, 2.05) is 6.92 Å². The molecule has 1 aromatic heterocycles. The Hall–Kier alpha value is -1.56. The number of hydrogen-bond acceptors (Lipinski definition) is 4. The first-order valence-corrected chi connectivity index (χ1v) is 4.75. The minimum atomic E-state index is -0.102. The number of anilines is 2. The van der Waals surface area contributed by atoms with Crippen molar-refractivity contribution in [2.24, 2.45) is 0 Å². The number of methoxy groups -OCH3 is 1. The van der Waals surface area contributed by atoms with E-state index in [1.165, 1.54) is 6.20 Å². The number of nitrogens with one attached hydrogen (secondary N) is 2. The standard InChI is InChI=1S/C9H16N4O2/c1-6(15-2)3-4-8(14)12-9-7(10)5-11-13-9/h5-6H,3-4,10H2,1-2H3,(H2,11,12,13,14). The van der Waals surface area contributed by atoms with Crippen LogP contribution in [0.5, 0.6) is 0 Å². The van der Waals surface area contributed by atoms with Gasteiger partial charge in [0.1, 0.15) is 0 Å². The summed E-state index contributed by atoms with van der Waals surface area (Å²) in [5.41, 5.74) is 5.97. The number of rotatable bonds is 5. The lowest BCUT2D eigenvalue weighted by Gasteiger charge is -2.08. The Bertz CT molecular complexity index is 324. The van der Waals surface area contributed by atoms with E-state index in [2.05, 4.69) is 15.5 Å². The Morgan fingerprint density at radius 1 is 1.80 bits per heavy atom. The van der Waals surface area contributed by atoms with Crippen LogP contribution in [0.2, 0.25) is 0 Å². The van der Waals surface area contributed by atoms with Gasteiger partial charge < -0.3 is 15.8 Å². The molecular formula is C9H16N4O2. The van der Waals surface area contributed by atoms with Crippen molar-refractivity contribution in [3.8, 4) is 0 Å². The maximum Gasteiger partial charge on any atom is 0.225 e. The summed E-state index contributed by atoms with van der Waals surface area (Å²) in [7, 11) is 1.62. The van der Waals surface area contributed by atoms with Crippen molar-refractivity contribution < 1.29 is 9.53 Å². The molecule has 1 atom stereocenters. The van der Waals surface area contributed by atoms with Gasteiger partial charge in [0.25, 0.3) is 0 Å². The molecule has 4 N–H and O–H groups in total. The summed E-state index contributed by atoms with van der Waals surface area (Å²) in [6.45, 7) is 1.91. The van der Waals surface area contributed by atoms with Crippen molar-refractivity contribution in [1.29, 1.82) is 0 Å². The molecule has 0 aromatic carbocycles. The largest absolute Gasteiger partial charge is 0.394 e. The van der Waals surface area contributed by atoms with E-state index in [0.717, 1.165) is 0 Å². The van der Waals surface area contributed by atoms with E-state index in [9.17, 15) is 4.79 Å². The molecule has 1 heterocycles. The minimum Gasteiger partial charge on any atom is -0.394 e. The summed E-state index contributed by atoms with van der Waals surface area (Å²) in [4.78, 5) is 11.4. The molecule has 15 heavy (non-hydrogen) atoms. The fraction of sp³-hybridized carbons (Fsp3) is 0.556. The number of ether oxygens (including phenoxy) is 1. The SMILES string of the molecule is COC(C)CCC(=O)Nc1[nH]ncc1N. The quantitative estimate of drug-likeness (QED) is 0.671. The Morgan fingerprint density at radius 2 is 2.53 bits per heavy atom. The van der Waals surface area contributed by atoms with Gasteiger partial charge in [0, 0.05) is 13.5 Å². The van der Waals surface area contributed by atoms with Crippen LogP contribution in [0, 0.1) is 0 Å². The lowest BCUT2D eigenvalue weighted by atomic mass is 10.2. The highest BCUT2D eigenvalue weighted by Gasteiger charge is 2.08. The summed E-state index contributed by atoms with van der Waals surface area (Å²) < 4.78 is 5.03. The number of nitrogens with zero attached hydrogens (tertiary/aromatic N) is 1. The van der Waals surface area contributed by atoms with Crippen LogP contribution in [0.1, 0.15) is 19.8 Å². The van der Waals surface area contributed by atoms with Gasteiger partial charge in [0.15, 0.2) is 5.82 Å². The highest BCUT2D eigenvalue weighted by Crippen LogP contribution is 2.13. The number of amides is 1. The predicted molar refractivity (Wildman–Crippen MR) is 57.3 cm³/mol. The van der Waals surface area contributed by atoms with E-state index < -0.39 is 0 Å². The number of hydrogen-bond donors (Lipinski definition) is 3. The normalized spacial score (nSPS) is 12.4. The number of aromatic amines is 1. The van der Waals surface area contributed by atoms with Gasteiger partial charge in [-0.3, -0.25) is 9.89 Å². The fourth-order valence-electron chi connectivity index (χ4n) is 1.05. The Balaban J connectivity index is 2.34. The molecule has 0 aliphatic rings. The number of nitrogen functional groups attached to an aromatic ring is 1. The van der Waals surface area contributed by atoms with E-state index in [4.69, 9.17) is 10.5 Å². The Labute approximate surface area is 88.2 Å². The minimum absolute atomic E-state index is 0.0786. The molecule has 0 fully saturated rings. The average molecular weight is 212 g/mol. The molecule has 1 unspecified atom stereocenters. The average Bonchev–Trinajstić information content (AvgIpc) is 2.61. The fourth-order valence-corrected chi connectivity index (χ4v) is 1.05. The highest BCUT2D eigenvalue weighted by molar-refractivity contribution is 5.92. The second-order valence-electron chi connectivity index (χ2n) is 3.33. The zero-order valence-electron chi connectivity index (χ0n) is 8.91. The molecule has 0 saturated heterocycles. The van der Waals surface area contributed by atoms with Crippen LogP contribution in [-0.2, 0) is 9.53 Å². The molecule has 0 bridgehead atoms. The summed E-state index contributed by atoms with van der Waals surface area (Å²) >= 11 is 0. The summed E-state index contributed by atoms with van der Waals surface area (Å²) in [6, 6.07) is 0. The van der Waals surface area contributed by atoms with Crippen molar-refractivity contribution in [2.45, 2.75) is 25.9 Å². The van der Waals surface area contributed by atoms with Gasteiger partial charge in [-0.15, -0.1) is 0 Å². The van der Waals surface area contributed by atoms with Crippen molar-refractivity contribution >= 4 is 17.4 Å². The van der Waals surface area contributed by atoms with Gasteiger partial charge in [0.05, 0.1) is 18.0 Å². The van der Waals surface area contributed by atoms with Crippen LogP contribution in [0.4, 0.5) is 11.5 Å². The molecule has 0 radical (unpaired) electrons. The van der Waals surface area contributed by atoms with E-state index in [1.54, 1.807) is 7.11 Å². The monoisotopic (exact) mass is 212 g/mol. The molecule has 0 saturated carbocycles.